The lowest BCUT2D eigenvalue weighted by Gasteiger charge is -2.13. The summed E-state index contributed by atoms with van der Waals surface area (Å²) in [5.74, 6) is -2.65. The maximum absolute atomic E-state index is 13.9. The van der Waals surface area contributed by atoms with E-state index in [1.165, 1.54) is 18.2 Å². The van der Waals surface area contributed by atoms with Crippen molar-refractivity contribution in [2.75, 3.05) is 5.32 Å². The van der Waals surface area contributed by atoms with Crippen molar-refractivity contribution < 1.29 is 26.7 Å². The van der Waals surface area contributed by atoms with Crippen LogP contribution >= 0.6 is 15.9 Å². The Morgan fingerprint density at radius 2 is 1.81 bits per heavy atom. The first-order valence-electron chi connectivity index (χ1n) is 7.35. The lowest BCUT2D eigenvalue weighted by molar-refractivity contribution is -0.143. The first-order chi connectivity index (χ1) is 12.7. The Labute approximate surface area is 157 Å². The second-order valence-corrected chi connectivity index (χ2v) is 6.20. The van der Waals surface area contributed by atoms with Crippen molar-refractivity contribution in [3.63, 3.8) is 0 Å². The van der Waals surface area contributed by atoms with Gasteiger partial charge in [0.15, 0.2) is 5.69 Å². The number of anilines is 1. The SMILES string of the molecule is O=C(Nc1ccc(F)cc1Br)c1cnn(-c2ccccc2F)c1C(F)(F)F. The molecule has 140 valence electrons. The Morgan fingerprint density at radius 1 is 1.11 bits per heavy atom. The van der Waals surface area contributed by atoms with Gasteiger partial charge in [0.25, 0.3) is 5.91 Å². The van der Waals surface area contributed by atoms with Crippen LogP contribution in [0.1, 0.15) is 16.1 Å². The van der Waals surface area contributed by atoms with Crippen molar-refractivity contribution in [3.05, 3.63) is 76.0 Å². The molecule has 0 fully saturated rings. The van der Waals surface area contributed by atoms with Crippen LogP contribution in [-0.4, -0.2) is 15.7 Å². The fourth-order valence-corrected chi connectivity index (χ4v) is 2.82. The van der Waals surface area contributed by atoms with Gasteiger partial charge in [-0.2, -0.15) is 18.3 Å². The molecule has 3 rings (SSSR count). The van der Waals surface area contributed by atoms with Crippen LogP contribution in [0.5, 0.6) is 0 Å². The van der Waals surface area contributed by atoms with Crippen molar-refractivity contribution in [3.8, 4) is 5.69 Å². The average molecular weight is 446 g/mol. The van der Waals surface area contributed by atoms with E-state index in [0.717, 1.165) is 24.3 Å². The van der Waals surface area contributed by atoms with Crippen LogP contribution in [0.3, 0.4) is 0 Å². The zero-order valence-corrected chi connectivity index (χ0v) is 14.8. The lowest BCUT2D eigenvalue weighted by atomic mass is 10.2. The standard InChI is InChI=1S/C17H9BrF5N3O/c18-11-7-9(19)5-6-13(11)25-16(27)10-8-24-26(15(10)17(21,22)23)14-4-2-1-3-12(14)20/h1-8H,(H,25,27). The van der Waals surface area contributed by atoms with E-state index in [1.54, 1.807) is 0 Å². The van der Waals surface area contributed by atoms with Crippen molar-refractivity contribution in [1.82, 2.24) is 9.78 Å². The number of hydrogen-bond acceptors (Lipinski definition) is 2. The molecular formula is C17H9BrF5N3O. The van der Waals surface area contributed by atoms with Gasteiger partial charge in [0.05, 0.1) is 17.4 Å². The Hall–Kier alpha value is -2.75. The van der Waals surface area contributed by atoms with Crippen molar-refractivity contribution in [2.45, 2.75) is 6.18 Å². The van der Waals surface area contributed by atoms with Crippen LogP contribution in [-0.2, 0) is 6.18 Å². The van der Waals surface area contributed by atoms with Gasteiger partial charge in [0.2, 0.25) is 0 Å². The van der Waals surface area contributed by atoms with E-state index in [1.807, 2.05) is 0 Å². The number of alkyl halides is 3. The number of aromatic nitrogens is 2. The lowest BCUT2D eigenvalue weighted by Crippen LogP contribution is -2.21. The van der Waals surface area contributed by atoms with Gasteiger partial charge in [-0.25, -0.2) is 13.5 Å². The van der Waals surface area contributed by atoms with Gasteiger partial charge in [-0.15, -0.1) is 0 Å². The van der Waals surface area contributed by atoms with Gasteiger partial charge in [-0.1, -0.05) is 12.1 Å². The molecule has 1 N–H and O–H groups in total. The second kappa shape index (κ2) is 7.10. The normalized spacial score (nSPS) is 11.5. The number of benzene rings is 2. The molecule has 10 heteroatoms. The summed E-state index contributed by atoms with van der Waals surface area (Å²) in [5.41, 5.74) is -2.62. The minimum Gasteiger partial charge on any atom is -0.321 e. The number of rotatable bonds is 3. The highest BCUT2D eigenvalue weighted by Crippen LogP contribution is 2.35. The van der Waals surface area contributed by atoms with E-state index in [4.69, 9.17) is 0 Å². The maximum atomic E-state index is 13.9. The third-order valence-corrected chi connectivity index (χ3v) is 4.20. The molecule has 27 heavy (non-hydrogen) atoms. The number of halogens is 6. The molecule has 0 saturated carbocycles. The van der Waals surface area contributed by atoms with Crippen LogP contribution in [0.2, 0.25) is 0 Å². The molecule has 1 amide bonds. The smallest absolute Gasteiger partial charge is 0.321 e. The van der Waals surface area contributed by atoms with Crippen LogP contribution < -0.4 is 5.32 Å². The number of carbonyl (C=O) groups is 1. The molecule has 0 aliphatic carbocycles. The van der Waals surface area contributed by atoms with Crippen molar-refractivity contribution in [1.29, 1.82) is 0 Å². The Bertz CT molecular complexity index is 1020. The number of amides is 1. The number of nitrogens with zero attached hydrogens (tertiary/aromatic N) is 2. The summed E-state index contributed by atoms with van der Waals surface area (Å²) in [6.07, 6.45) is -4.28. The highest BCUT2D eigenvalue weighted by Gasteiger charge is 2.41. The molecule has 0 saturated heterocycles. The first-order valence-corrected chi connectivity index (χ1v) is 8.14. The minimum atomic E-state index is -4.98. The van der Waals surface area contributed by atoms with Gasteiger partial charge in [0.1, 0.15) is 17.3 Å². The van der Waals surface area contributed by atoms with E-state index in [2.05, 4.69) is 26.3 Å². The van der Waals surface area contributed by atoms with Crippen LogP contribution in [0.25, 0.3) is 5.69 Å². The van der Waals surface area contributed by atoms with E-state index in [0.29, 0.717) is 10.9 Å². The molecule has 0 unspecified atom stereocenters. The summed E-state index contributed by atoms with van der Waals surface area (Å²) in [6.45, 7) is 0. The fourth-order valence-electron chi connectivity index (χ4n) is 2.37. The predicted molar refractivity (Wildman–Crippen MR) is 90.6 cm³/mol. The molecular weight excluding hydrogens is 437 g/mol. The van der Waals surface area contributed by atoms with Crippen molar-refractivity contribution in [2.24, 2.45) is 0 Å². The molecule has 3 aromatic rings. The van der Waals surface area contributed by atoms with Crippen LogP contribution in [0, 0.1) is 11.6 Å². The Kier molecular flexibility index (Phi) is 5.01. The quantitative estimate of drug-likeness (QED) is 0.564. The number of carbonyl (C=O) groups excluding carboxylic acids is 1. The van der Waals surface area contributed by atoms with Crippen LogP contribution in [0.4, 0.5) is 27.6 Å². The molecule has 0 atom stereocenters. The molecule has 1 heterocycles. The van der Waals surface area contributed by atoms with Gasteiger partial charge in [-0.3, -0.25) is 4.79 Å². The molecule has 0 radical (unpaired) electrons. The summed E-state index contributed by atoms with van der Waals surface area (Å²) in [6, 6.07) is 8.01. The van der Waals surface area contributed by atoms with E-state index in [9.17, 15) is 26.7 Å². The molecule has 0 aliphatic rings. The topological polar surface area (TPSA) is 46.9 Å². The summed E-state index contributed by atoms with van der Waals surface area (Å²) in [5, 5.41) is 5.78. The molecule has 4 nitrogen and oxygen atoms in total. The Balaban J connectivity index is 2.06. The molecule has 0 spiro atoms. The van der Waals surface area contributed by atoms with Gasteiger partial charge in [0, 0.05) is 4.47 Å². The third kappa shape index (κ3) is 3.85. The average Bonchev–Trinajstić information content (AvgIpc) is 3.03. The number of nitrogens with one attached hydrogen (secondary N) is 1. The zero-order valence-electron chi connectivity index (χ0n) is 13.2. The monoisotopic (exact) mass is 445 g/mol. The van der Waals surface area contributed by atoms with E-state index in [-0.39, 0.29) is 10.2 Å². The largest absolute Gasteiger partial charge is 0.434 e. The first kappa shape index (κ1) is 19.0. The van der Waals surface area contributed by atoms with Gasteiger partial charge < -0.3 is 5.32 Å². The van der Waals surface area contributed by atoms with Crippen molar-refractivity contribution >= 4 is 27.5 Å². The summed E-state index contributed by atoms with van der Waals surface area (Å²) >= 11 is 3.01. The third-order valence-electron chi connectivity index (χ3n) is 3.54. The molecule has 2 aromatic carbocycles. The van der Waals surface area contributed by atoms with Gasteiger partial charge >= 0.3 is 6.18 Å². The molecule has 0 bridgehead atoms. The predicted octanol–water partition coefficient (Wildman–Crippen LogP) is 5.18. The number of hydrogen-bond donors (Lipinski definition) is 1. The number of para-hydroxylation sites is 1. The highest BCUT2D eigenvalue weighted by atomic mass is 79.9. The zero-order chi connectivity index (χ0) is 19.8. The maximum Gasteiger partial charge on any atom is 0.434 e. The van der Waals surface area contributed by atoms with E-state index < -0.39 is 40.7 Å². The summed E-state index contributed by atoms with van der Waals surface area (Å²) in [7, 11) is 0. The molecule has 0 aliphatic heterocycles. The van der Waals surface area contributed by atoms with Crippen LogP contribution in [0.15, 0.2) is 53.1 Å². The highest BCUT2D eigenvalue weighted by molar-refractivity contribution is 9.10. The summed E-state index contributed by atoms with van der Waals surface area (Å²) in [4.78, 5) is 12.4. The molecule has 1 aromatic heterocycles. The Morgan fingerprint density at radius 3 is 2.44 bits per heavy atom. The minimum absolute atomic E-state index is 0.0631. The second-order valence-electron chi connectivity index (χ2n) is 5.35. The fraction of sp³-hybridized carbons (Fsp3) is 0.0588. The van der Waals surface area contributed by atoms with E-state index >= 15 is 0 Å². The van der Waals surface area contributed by atoms with Gasteiger partial charge in [-0.05, 0) is 46.3 Å². The summed E-state index contributed by atoms with van der Waals surface area (Å²) < 4.78 is 68.2.